The van der Waals surface area contributed by atoms with Gasteiger partial charge in [-0.2, -0.15) is 0 Å². The summed E-state index contributed by atoms with van der Waals surface area (Å²) in [5, 5.41) is 19.5. The zero-order valence-corrected chi connectivity index (χ0v) is 11.1. The lowest BCUT2D eigenvalue weighted by Gasteiger charge is -2.15. The normalized spacial score (nSPS) is 12.4. The van der Waals surface area contributed by atoms with Crippen LogP contribution in [0.5, 0.6) is 5.75 Å². The zero-order valence-electron chi connectivity index (χ0n) is 11.1. The van der Waals surface area contributed by atoms with Crippen molar-refractivity contribution < 1.29 is 37.8 Å². The third kappa shape index (κ3) is 5.58. The summed E-state index contributed by atoms with van der Waals surface area (Å²) in [7, 11) is 0. The van der Waals surface area contributed by atoms with Crippen LogP contribution in [0.4, 0.5) is 13.2 Å². The first kappa shape index (κ1) is 17.7. The number of alkyl halides is 3. The number of hydroxylamine groups is 1. The van der Waals surface area contributed by atoms with Crippen LogP contribution in [-0.2, 0) is 4.79 Å². The van der Waals surface area contributed by atoms with E-state index in [0.717, 1.165) is 24.3 Å². The van der Waals surface area contributed by atoms with Crippen LogP contribution in [0.2, 0.25) is 0 Å². The van der Waals surface area contributed by atoms with E-state index in [4.69, 9.17) is 10.3 Å². The van der Waals surface area contributed by atoms with Gasteiger partial charge in [-0.15, -0.1) is 13.2 Å². The average Bonchev–Trinajstić information content (AvgIpc) is 2.45. The number of hydrogen-bond acceptors (Lipinski definition) is 5. The zero-order chi connectivity index (χ0) is 16.8. The van der Waals surface area contributed by atoms with Crippen LogP contribution in [0.1, 0.15) is 16.8 Å². The number of carbonyl (C=O) groups excluding carboxylic acids is 2. The number of rotatable bonds is 6. The molecule has 2 amide bonds. The van der Waals surface area contributed by atoms with Crippen molar-refractivity contribution in [2.24, 2.45) is 0 Å². The van der Waals surface area contributed by atoms with Crippen molar-refractivity contribution in [3.8, 4) is 5.75 Å². The van der Waals surface area contributed by atoms with Gasteiger partial charge in [0.15, 0.2) is 0 Å². The first-order valence-electron chi connectivity index (χ1n) is 5.98. The van der Waals surface area contributed by atoms with E-state index in [1.165, 1.54) is 5.48 Å². The number of ether oxygens (including phenoxy) is 1. The Bertz CT molecular complexity index is 518. The van der Waals surface area contributed by atoms with Crippen molar-refractivity contribution in [1.29, 1.82) is 0 Å². The van der Waals surface area contributed by atoms with E-state index in [2.05, 4.69) is 10.1 Å². The van der Waals surface area contributed by atoms with E-state index < -0.39 is 36.6 Å². The number of nitrogens with one attached hydrogen (secondary N) is 2. The van der Waals surface area contributed by atoms with E-state index in [1.807, 2.05) is 0 Å². The van der Waals surface area contributed by atoms with Gasteiger partial charge >= 0.3 is 6.36 Å². The summed E-state index contributed by atoms with van der Waals surface area (Å²) in [5.74, 6) is -2.19. The molecular weight excluding hydrogens is 309 g/mol. The maximum Gasteiger partial charge on any atom is 0.573 e. The van der Waals surface area contributed by atoms with Gasteiger partial charge in [0.1, 0.15) is 11.8 Å². The van der Waals surface area contributed by atoms with Gasteiger partial charge in [-0.1, -0.05) is 0 Å². The minimum atomic E-state index is -4.84. The Hall–Kier alpha value is -2.33. The molecule has 7 nitrogen and oxygen atoms in total. The summed E-state index contributed by atoms with van der Waals surface area (Å²) in [5.41, 5.74) is 1.31. The van der Waals surface area contributed by atoms with Crippen molar-refractivity contribution in [1.82, 2.24) is 10.8 Å². The lowest BCUT2D eigenvalue weighted by molar-refractivity contribution is -0.274. The highest BCUT2D eigenvalue weighted by Gasteiger charge is 2.31. The first-order chi connectivity index (χ1) is 10.3. The SMILES string of the molecule is O=C(NC(CCO)C(=O)NO)c1ccc(OC(F)(F)F)cc1. The quantitative estimate of drug-likeness (QED) is 0.452. The number of hydrogen-bond donors (Lipinski definition) is 4. The van der Waals surface area contributed by atoms with E-state index in [9.17, 15) is 22.8 Å². The molecule has 0 bridgehead atoms. The predicted octanol–water partition coefficient (Wildman–Crippen LogP) is 0.571. The minimum Gasteiger partial charge on any atom is -0.406 e. The number of amides is 2. The molecule has 1 aromatic rings. The summed E-state index contributed by atoms with van der Waals surface area (Å²) < 4.78 is 39.6. The summed E-state index contributed by atoms with van der Waals surface area (Å²) in [6.45, 7) is -0.420. The van der Waals surface area contributed by atoms with Gasteiger partial charge in [0, 0.05) is 12.2 Å². The number of aliphatic hydroxyl groups excluding tert-OH is 1. The fourth-order valence-corrected chi connectivity index (χ4v) is 1.53. The van der Waals surface area contributed by atoms with Crippen molar-refractivity contribution in [2.75, 3.05) is 6.61 Å². The molecule has 1 atom stereocenters. The Morgan fingerprint density at radius 2 is 1.82 bits per heavy atom. The van der Waals surface area contributed by atoms with Gasteiger partial charge < -0.3 is 15.2 Å². The molecule has 1 aromatic carbocycles. The Kier molecular flexibility index (Phi) is 6.13. The van der Waals surface area contributed by atoms with Gasteiger partial charge in [-0.3, -0.25) is 14.8 Å². The summed E-state index contributed by atoms with van der Waals surface area (Å²) in [6.07, 6.45) is -4.98. The third-order valence-corrected chi connectivity index (χ3v) is 2.50. The molecule has 0 saturated heterocycles. The Morgan fingerprint density at radius 3 is 2.27 bits per heavy atom. The Labute approximate surface area is 122 Å². The molecular formula is C12H13F3N2O5. The van der Waals surface area contributed by atoms with Crippen LogP contribution >= 0.6 is 0 Å². The third-order valence-electron chi connectivity index (χ3n) is 2.50. The van der Waals surface area contributed by atoms with Crippen LogP contribution in [-0.4, -0.2) is 41.1 Å². The van der Waals surface area contributed by atoms with Gasteiger partial charge in [0.2, 0.25) is 0 Å². The number of benzene rings is 1. The maximum atomic E-state index is 12.0. The molecule has 10 heteroatoms. The van der Waals surface area contributed by atoms with E-state index in [1.54, 1.807) is 0 Å². The number of aliphatic hydroxyl groups is 1. The van der Waals surface area contributed by atoms with Crippen LogP contribution in [0.3, 0.4) is 0 Å². The number of carbonyl (C=O) groups is 2. The van der Waals surface area contributed by atoms with E-state index in [0.29, 0.717) is 0 Å². The summed E-state index contributed by atoms with van der Waals surface area (Å²) in [6, 6.07) is 2.84. The van der Waals surface area contributed by atoms with Crippen LogP contribution in [0.25, 0.3) is 0 Å². The standard InChI is InChI=1S/C12H13F3N2O5/c13-12(14,15)22-8-3-1-7(2-4-8)10(19)16-9(5-6-18)11(20)17-21/h1-4,9,18,21H,5-6H2,(H,16,19)(H,17,20). The largest absolute Gasteiger partial charge is 0.573 e. The highest BCUT2D eigenvalue weighted by atomic mass is 19.4. The second kappa shape index (κ2) is 7.61. The summed E-state index contributed by atoms with van der Waals surface area (Å²) in [4.78, 5) is 23.1. The van der Waals surface area contributed by atoms with E-state index >= 15 is 0 Å². The van der Waals surface area contributed by atoms with Crippen LogP contribution in [0, 0.1) is 0 Å². The Balaban J connectivity index is 2.74. The molecule has 0 aromatic heterocycles. The smallest absolute Gasteiger partial charge is 0.406 e. The second-order valence-corrected chi connectivity index (χ2v) is 4.09. The maximum absolute atomic E-state index is 12.0. The molecule has 0 saturated carbocycles. The highest BCUT2D eigenvalue weighted by molar-refractivity contribution is 5.97. The van der Waals surface area contributed by atoms with Gasteiger partial charge in [0.05, 0.1) is 0 Å². The monoisotopic (exact) mass is 322 g/mol. The lowest BCUT2D eigenvalue weighted by Crippen LogP contribution is -2.46. The second-order valence-electron chi connectivity index (χ2n) is 4.09. The molecule has 1 rings (SSSR count). The molecule has 0 heterocycles. The molecule has 1 unspecified atom stereocenters. The average molecular weight is 322 g/mol. The highest BCUT2D eigenvalue weighted by Crippen LogP contribution is 2.22. The molecule has 0 spiro atoms. The van der Waals surface area contributed by atoms with Gasteiger partial charge in [-0.05, 0) is 30.7 Å². The molecule has 0 fully saturated rings. The Morgan fingerprint density at radius 1 is 1.23 bits per heavy atom. The van der Waals surface area contributed by atoms with Crippen molar-refractivity contribution in [2.45, 2.75) is 18.8 Å². The van der Waals surface area contributed by atoms with Gasteiger partial charge in [-0.25, -0.2) is 5.48 Å². The molecule has 0 aliphatic rings. The van der Waals surface area contributed by atoms with Crippen molar-refractivity contribution in [3.05, 3.63) is 29.8 Å². The van der Waals surface area contributed by atoms with Crippen LogP contribution in [0.15, 0.2) is 24.3 Å². The fourth-order valence-electron chi connectivity index (χ4n) is 1.53. The molecule has 0 radical (unpaired) electrons. The number of halogens is 3. The predicted molar refractivity (Wildman–Crippen MR) is 66.0 cm³/mol. The van der Waals surface area contributed by atoms with Crippen molar-refractivity contribution in [3.63, 3.8) is 0 Å². The molecule has 4 N–H and O–H groups in total. The van der Waals surface area contributed by atoms with Gasteiger partial charge in [0.25, 0.3) is 11.8 Å². The molecule has 122 valence electrons. The fraction of sp³-hybridized carbons (Fsp3) is 0.333. The molecule has 0 aliphatic carbocycles. The molecule has 22 heavy (non-hydrogen) atoms. The topological polar surface area (TPSA) is 108 Å². The minimum absolute atomic E-state index is 0.0248. The molecule has 0 aliphatic heterocycles. The summed E-state index contributed by atoms with van der Waals surface area (Å²) >= 11 is 0. The first-order valence-corrected chi connectivity index (χ1v) is 5.98. The van der Waals surface area contributed by atoms with Crippen LogP contribution < -0.4 is 15.5 Å². The van der Waals surface area contributed by atoms with Crippen molar-refractivity contribution >= 4 is 11.8 Å². The van der Waals surface area contributed by atoms with E-state index in [-0.39, 0.29) is 12.0 Å². The lowest BCUT2D eigenvalue weighted by atomic mass is 10.1.